The molecule has 2 heterocycles. The van der Waals surface area contributed by atoms with Crippen LogP contribution in [0.4, 0.5) is 5.00 Å². The SMILES string of the molecule is O=CNc1cc2c(s1)-c1ccccc1OC2. The normalized spacial score (nSPS) is 12.2. The van der Waals surface area contributed by atoms with E-state index in [1.807, 2.05) is 30.3 Å². The zero-order valence-corrected chi connectivity index (χ0v) is 9.21. The Morgan fingerprint density at radius 2 is 2.25 bits per heavy atom. The lowest BCUT2D eigenvalue weighted by Gasteiger charge is -2.16. The molecule has 0 atom stereocenters. The van der Waals surface area contributed by atoms with Gasteiger partial charge in [0.15, 0.2) is 0 Å². The Kier molecular flexibility index (Phi) is 2.15. The van der Waals surface area contributed by atoms with Crippen molar-refractivity contribution < 1.29 is 9.53 Å². The highest BCUT2D eigenvalue weighted by atomic mass is 32.1. The zero-order valence-electron chi connectivity index (χ0n) is 8.40. The third kappa shape index (κ3) is 1.39. The van der Waals surface area contributed by atoms with E-state index in [4.69, 9.17) is 4.74 Å². The molecule has 1 aliphatic rings. The molecule has 0 fully saturated rings. The molecule has 4 heteroatoms. The lowest BCUT2D eigenvalue weighted by molar-refractivity contribution is -0.105. The standard InChI is InChI=1S/C12H9NO2S/c14-7-13-11-5-8-6-15-10-4-2-1-3-9(10)12(8)16-11/h1-5,7H,6H2,(H,13,14). The fraction of sp³-hybridized carbons (Fsp3) is 0.0833. The van der Waals surface area contributed by atoms with Crippen LogP contribution in [0.5, 0.6) is 5.75 Å². The van der Waals surface area contributed by atoms with Gasteiger partial charge >= 0.3 is 0 Å². The second-order valence-electron chi connectivity index (χ2n) is 3.51. The van der Waals surface area contributed by atoms with Crippen molar-refractivity contribution in [2.24, 2.45) is 0 Å². The quantitative estimate of drug-likeness (QED) is 0.807. The Morgan fingerprint density at radius 1 is 1.38 bits per heavy atom. The maximum atomic E-state index is 10.4. The number of carbonyl (C=O) groups is 1. The second kappa shape index (κ2) is 3.64. The van der Waals surface area contributed by atoms with Crippen LogP contribution >= 0.6 is 11.3 Å². The zero-order chi connectivity index (χ0) is 11.0. The highest BCUT2D eigenvalue weighted by Gasteiger charge is 2.19. The number of ether oxygens (including phenoxy) is 1. The molecular formula is C12H9NO2S. The van der Waals surface area contributed by atoms with Crippen LogP contribution in [0.1, 0.15) is 5.56 Å². The van der Waals surface area contributed by atoms with E-state index in [0.29, 0.717) is 13.0 Å². The van der Waals surface area contributed by atoms with Gasteiger partial charge in [-0.25, -0.2) is 0 Å². The molecule has 1 N–H and O–H groups in total. The van der Waals surface area contributed by atoms with Gasteiger partial charge in [-0.2, -0.15) is 0 Å². The molecule has 80 valence electrons. The van der Waals surface area contributed by atoms with Crippen LogP contribution in [-0.4, -0.2) is 6.41 Å². The van der Waals surface area contributed by atoms with Gasteiger partial charge in [0.25, 0.3) is 0 Å². The summed E-state index contributed by atoms with van der Waals surface area (Å²) in [5.41, 5.74) is 2.24. The second-order valence-corrected chi connectivity index (χ2v) is 4.56. The van der Waals surface area contributed by atoms with E-state index >= 15 is 0 Å². The minimum Gasteiger partial charge on any atom is -0.488 e. The third-order valence-electron chi connectivity index (χ3n) is 2.53. The lowest BCUT2D eigenvalue weighted by Crippen LogP contribution is -2.02. The summed E-state index contributed by atoms with van der Waals surface area (Å²) in [4.78, 5) is 11.6. The fourth-order valence-electron chi connectivity index (χ4n) is 1.83. The van der Waals surface area contributed by atoms with E-state index in [0.717, 1.165) is 21.9 Å². The first-order valence-corrected chi connectivity index (χ1v) is 5.75. The van der Waals surface area contributed by atoms with Gasteiger partial charge in [0.1, 0.15) is 12.4 Å². The molecule has 1 aromatic carbocycles. The monoisotopic (exact) mass is 231 g/mol. The lowest BCUT2D eigenvalue weighted by atomic mass is 10.1. The first-order chi connectivity index (χ1) is 7.88. The van der Waals surface area contributed by atoms with Crippen molar-refractivity contribution in [1.82, 2.24) is 0 Å². The predicted molar refractivity (Wildman–Crippen MR) is 63.8 cm³/mol. The van der Waals surface area contributed by atoms with Crippen molar-refractivity contribution in [2.45, 2.75) is 6.61 Å². The summed E-state index contributed by atoms with van der Waals surface area (Å²) < 4.78 is 5.63. The summed E-state index contributed by atoms with van der Waals surface area (Å²) in [6.45, 7) is 0.573. The van der Waals surface area contributed by atoms with Gasteiger partial charge in [-0.15, -0.1) is 11.3 Å². The molecule has 0 aliphatic carbocycles. The number of carbonyl (C=O) groups excluding carboxylic acids is 1. The van der Waals surface area contributed by atoms with Crippen LogP contribution in [0.25, 0.3) is 10.4 Å². The topological polar surface area (TPSA) is 38.3 Å². The van der Waals surface area contributed by atoms with E-state index < -0.39 is 0 Å². The first-order valence-electron chi connectivity index (χ1n) is 4.93. The van der Waals surface area contributed by atoms with Gasteiger partial charge in [-0.05, 0) is 18.2 Å². The predicted octanol–water partition coefficient (Wildman–Crippen LogP) is 2.88. The van der Waals surface area contributed by atoms with E-state index in [1.165, 1.54) is 4.88 Å². The maximum absolute atomic E-state index is 10.4. The van der Waals surface area contributed by atoms with Gasteiger partial charge in [-0.1, -0.05) is 12.1 Å². The Bertz CT molecular complexity index is 548. The van der Waals surface area contributed by atoms with Crippen molar-refractivity contribution in [3.05, 3.63) is 35.9 Å². The Balaban J connectivity index is 2.13. The molecule has 0 unspecified atom stereocenters. The molecule has 0 saturated heterocycles. The molecule has 0 bridgehead atoms. The molecule has 16 heavy (non-hydrogen) atoms. The summed E-state index contributed by atoms with van der Waals surface area (Å²) in [5.74, 6) is 0.912. The molecule has 3 nitrogen and oxygen atoms in total. The fourth-order valence-corrected chi connectivity index (χ4v) is 2.88. The Labute approximate surface area is 96.7 Å². The number of benzene rings is 1. The number of amides is 1. The van der Waals surface area contributed by atoms with Gasteiger partial charge < -0.3 is 10.1 Å². The molecule has 1 aromatic heterocycles. The van der Waals surface area contributed by atoms with Crippen LogP contribution in [0.15, 0.2) is 30.3 Å². The average molecular weight is 231 g/mol. The molecule has 2 aromatic rings. The molecule has 1 aliphatic heterocycles. The summed E-state index contributed by atoms with van der Waals surface area (Å²) in [7, 11) is 0. The molecule has 0 saturated carbocycles. The van der Waals surface area contributed by atoms with Crippen LogP contribution in [0.3, 0.4) is 0 Å². The van der Waals surface area contributed by atoms with Crippen LogP contribution in [0.2, 0.25) is 0 Å². The van der Waals surface area contributed by atoms with Crippen molar-refractivity contribution in [1.29, 1.82) is 0 Å². The van der Waals surface area contributed by atoms with Crippen molar-refractivity contribution >= 4 is 22.7 Å². The Hall–Kier alpha value is -1.81. The molecule has 0 radical (unpaired) electrons. The molecule has 0 spiro atoms. The van der Waals surface area contributed by atoms with Gasteiger partial charge in [0, 0.05) is 16.0 Å². The number of thiophene rings is 1. The van der Waals surface area contributed by atoms with Crippen LogP contribution in [-0.2, 0) is 11.4 Å². The number of para-hydroxylation sites is 1. The van der Waals surface area contributed by atoms with Crippen molar-refractivity contribution in [3.63, 3.8) is 0 Å². The number of hydrogen-bond donors (Lipinski definition) is 1. The minimum absolute atomic E-state index is 0.573. The van der Waals surface area contributed by atoms with E-state index in [1.54, 1.807) is 11.3 Å². The molecule has 1 amide bonds. The number of rotatable bonds is 2. The van der Waals surface area contributed by atoms with Gasteiger partial charge in [-0.3, -0.25) is 4.79 Å². The summed E-state index contributed by atoms with van der Waals surface area (Å²) in [6.07, 6.45) is 0.698. The van der Waals surface area contributed by atoms with E-state index in [9.17, 15) is 4.79 Å². The summed E-state index contributed by atoms with van der Waals surface area (Å²) >= 11 is 1.58. The number of hydrogen-bond acceptors (Lipinski definition) is 3. The highest BCUT2D eigenvalue weighted by molar-refractivity contribution is 7.19. The smallest absolute Gasteiger partial charge is 0.212 e. The summed E-state index contributed by atoms with van der Waals surface area (Å²) in [5, 5.41) is 3.54. The van der Waals surface area contributed by atoms with Crippen LogP contribution < -0.4 is 10.1 Å². The van der Waals surface area contributed by atoms with Crippen molar-refractivity contribution in [3.8, 4) is 16.2 Å². The van der Waals surface area contributed by atoms with Gasteiger partial charge in [0.2, 0.25) is 6.41 Å². The minimum atomic E-state index is 0.573. The number of fused-ring (bicyclic) bond motifs is 3. The van der Waals surface area contributed by atoms with Gasteiger partial charge in [0.05, 0.1) is 5.00 Å². The largest absolute Gasteiger partial charge is 0.488 e. The highest BCUT2D eigenvalue weighted by Crippen LogP contribution is 2.43. The van der Waals surface area contributed by atoms with Crippen LogP contribution in [0, 0.1) is 0 Å². The summed E-state index contributed by atoms with van der Waals surface area (Å²) in [6, 6.07) is 9.91. The Morgan fingerprint density at radius 3 is 3.12 bits per heavy atom. The first kappa shape index (κ1) is 9.42. The van der Waals surface area contributed by atoms with E-state index in [2.05, 4.69) is 5.32 Å². The third-order valence-corrected chi connectivity index (χ3v) is 3.67. The maximum Gasteiger partial charge on any atom is 0.212 e. The number of nitrogens with one attached hydrogen (secondary N) is 1. The molecule has 3 rings (SSSR count). The number of anilines is 1. The van der Waals surface area contributed by atoms with E-state index in [-0.39, 0.29) is 0 Å². The van der Waals surface area contributed by atoms with Crippen molar-refractivity contribution in [2.75, 3.05) is 5.32 Å². The molecular weight excluding hydrogens is 222 g/mol. The average Bonchev–Trinajstić information content (AvgIpc) is 2.72.